The van der Waals surface area contributed by atoms with E-state index in [1.165, 1.54) is 42.7 Å². The van der Waals surface area contributed by atoms with Crippen molar-refractivity contribution in [2.75, 3.05) is 10.6 Å². The molecule has 0 aliphatic heterocycles. The van der Waals surface area contributed by atoms with Gasteiger partial charge < -0.3 is 25.8 Å². The van der Waals surface area contributed by atoms with Crippen molar-refractivity contribution in [1.82, 2.24) is 5.32 Å². The standard InChI is InChI=1S/C34H39F2N3O5/c1-18-13-22(15-21-7-8-21)14-19(2)29(18)39-33(43)37-28-17-24(23-10-12-26(35)27(36)16-23)9-11-25(28)31(40)38-30(32(41)42)20(3)44-34(4,5)6/h9-14,16-17,20-21,30H,7-8,15H2,1-6H3,(H,38,40)(H,41,42)(H2,37,39,43)/t20-,30+/m1/s1. The van der Waals surface area contributed by atoms with Crippen LogP contribution in [0.25, 0.3) is 11.1 Å². The smallest absolute Gasteiger partial charge is 0.328 e. The minimum Gasteiger partial charge on any atom is -0.480 e. The number of hydrogen-bond acceptors (Lipinski definition) is 4. The Labute approximate surface area is 256 Å². The maximum absolute atomic E-state index is 14.0. The third-order valence-electron chi connectivity index (χ3n) is 7.38. The average Bonchev–Trinajstić information content (AvgIpc) is 3.73. The minimum atomic E-state index is -1.39. The van der Waals surface area contributed by atoms with Gasteiger partial charge in [-0.1, -0.05) is 24.3 Å². The zero-order valence-corrected chi connectivity index (χ0v) is 25.8. The summed E-state index contributed by atoms with van der Waals surface area (Å²) in [5.74, 6) is -3.42. The molecule has 0 heterocycles. The van der Waals surface area contributed by atoms with Gasteiger partial charge in [0.15, 0.2) is 17.7 Å². The van der Waals surface area contributed by atoms with Gasteiger partial charge in [-0.2, -0.15) is 0 Å². The molecule has 10 heteroatoms. The number of carboxylic acid groups (broad SMARTS) is 1. The van der Waals surface area contributed by atoms with E-state index < -0.39 is 47.3 Å². The number of rotatable bonds is 10. The van der Waals surface area contributed by atoms with Crippen LogP contribution in [0.2, 0.25) is 0 Å². The minimum absolute atomic E-state index is 0.0334. The van der Waals surface area contributed by atoms with Crippen LogP contribution in [0.5, 0.6) is 0 Å². The van der Waals surface area contributed by atoms with Crippen LogP contribution in [0.4, 0.5) is 25.0 Å². The van der Waals surface area contributed by atoms with Gasteiger partial charge in [0.25, 0.3) is 5.91 Å². The molecule has 2 atom stereocenters. The van der Waals surface area contributed by atoms with Crippen molar-refractivity contribution in [2.24, 2.45) is 5.92 Å². The van der Waals surface area contributed by atoms with E-state index in [0.717, 1.165) is 29.7 Å². The van der Waals surface area contributed by atoms with E-state index in [0.29, 0.717) is 22.7 Å². The predicted molar refractivity (Wildman–Crippen MR) is 166 cm³/mol. The molecule has 0 saturated heterocycles. The van der Waals surface area contributed by atoms with Crippen molar-refractivity contribution in [1.29, 1.82) is 0 Å². The molecule has 0 aromatic heterocycles. The zero-order chi connectivity index (χ0) is 32.3. The average molecular weight is 608 g/mol. The summed E-state index contributed by atoms with van der Waals surface area (Å²) in [5, 5.41) is 17.9. The Balaban J connectivity index is 1.64. The van der Waals surface area contributed by atoms with Gasteiger partial charge in [-0.15, -0.1) is 0 Å². The number of carboxylic acids is 1. The van der Waals surface area contributed by atoms with Crippen LogP contribution >= 0.6 is 0 Å². The molecular formula is C34H39F2N3O5. The Morgan fingerprint density at radius 1 is 0.932 bits per heavy atom. The first kappa shape index (κ1) is 32.6. The maximum atomic E-state index is 14.0. The summed E-state index contributed by atoms with van der Waals surface area (Å²) in [4.78, 5) is 38.8. The van der Waals surface area contributed by atoms with E-state index in [1.54, 1.807) is 27.7 Å². The highest BCUT2D eigenvalue weighted by molar-refractivity contribution is 6.08. The van der Waals surface area contributed by atoms with Crippen LogP contribution < -0.4 is 16.0 Å². The van der Waals surface area contributed by atoms with Crippen LogP contribution in [0.3, 0.4) is 0 Å². The fraction of sp³-hybridized carbons (Fsp3) is 0.382. The van der Waals surface area contributed by atoms with Gasteiger partial charge in [-0.25, -0.2) is 18.4 Å². The van der Waals surface area contributed by atoms with Crippen LogP contribution in [-0.2, 0) is 16.0 Å². The third kappa shape index (κ3) is 8.41. The lowest BCUT2D eigenvalue weighted by atomic mass is 10.0. The van der Waals surface area contributed by atoms with Crippen LogP contribution in [0, 0.1) is 31.4 Å². The number of nitrogens with one attached hydrogen (secondary N) is 3. The van der Waals surface area contributed by atoms with Crippen molar-refractivity contribution >= 4 is 29.3 Å². The molecule has 0 bridgehead atoms. The first-order valence-corrected chi connectivity index (χ1v) is 14.6. The lowest BCUT2D eigenvalue weighted by Gasteiger charge is -2.29. The predicted octanol–water partition coefficient (Wildman–Crippen LogP) is 7.23. The number of carbonyl (C=O) groups excluding carboxylic acids is 2. The molecule has 1 aliphatic carbocycles. The maximum Gasteiger partial charge on any atom is 0.328 e. The Hall–Kier alpha value is -4.31. The van der Waals surface area contributed by atoms with Crippen LogP contribution in [0.1, 0.15) is 67.6 Å². The molecule has 3 aromatic rings. The quantitative estimate of drug-likeness (QED) is 0.194. The van der Waals surface area contributed by atoms with Crippen molar-refractivity contribution in [3.63, 3.8) is 0 Å². The molecule has 44 heavy (non-hydrogen) atoms. The number of aliphatic carboxylic acids is 1. The SMILES string of the molecule is Cc1cc(CC2CC2)cc(C)c1NC(=O)Nc1cc(-c2ccc(F)c(F)c2)ccc1C(=O)N[C@H](C(=O)O)[C@@H](C)OC(C)(C)C. The molecule has 8 nitrogen and oxygen atoms in total. The van der Waals surface area contributed by atoms with Crippen LogP contribution in [-0.4, -0.2) is 40.8 Å². The second-order valence-corrected chi connectivity index (χ2v) is 12.4. The molecule has 1 saturated carbocycles. The molecule has 4 N–H and O–H groups in total. The van der Waals surface area contributed by atoms with Crippen molar-refractivity contribution in [3.8, 4) is 11.1 Å². The van der Waals surface area contributed by atoms with E-state index in [2.05, 4.69) is 28.1 Å². The molecule has 234 valence electrons. The lowest BCUT2D eigenvalue weighted by molar-refractivity contribution is -0.146. The van der Waals surface area contributed by atoms with E-state index in [9.17, 15) is 28.3 Å². The summed E-state index contributed by atoms with van der Waals surface area (Å²) >= 11 is 0. The molecule has 1 fully saturated rings. The van der Waals surface area contributed by atoms with Gasteiger partial charge in [0, 0.05) is 5.69 Å². The largest absolute Gasteiger partial charge is 0.480 e. The van der Waals surface area contributed by atoms with Crippen LogP contribution in [0.15, 0.2) is 48.5 Å². The Morgan fingerprint density at radius 3 is 2.11 bits per heavy atom. The van der Waals surface area contributed by atoms with Gasteiger partial charge in [0.2, 0.25) is 0 Å². The topological polar surface area (TPSA) is 117 Å². The number of carbonyl (C=O) groups is 3. The van der Waals surface area contributed by atoms with E-state index >= 15 is 0 Å². The summed E-state index contributed by atoms with van der Waals surface area (Å²) < 4.78 is 33.4. The summed E-state index contributed by atoms with van der Waals surface area (Å²) in [6.07, 6.45) is 2.58. The van der Waals surface area contributed by atoms with Crippen molar-refractivity contribution in [2.45, 2.75) is 78.6 Å². The Bertz CT molecular complexity index is 1560. The van der Waals surface area contributed by atoms with E-state index in [1.807, 2.05) is 13.8 Å². The molecular weight excluding hydrogens is 568 g/mol. The van der Waals surface area contributed by atoms with Crippen molar-refractivity contribution in [3.05, 3.63) is 82.4 Å². The van der Waals surface area contributed by atoms with Gasteiger partial charge in [-0.3, -0.25) is 4.79 Å². The summed E-state index contributed by atoms with van der Waals surface area (Å²) in [5.41, 5.74) is 3.67. The number of ether oxygens (including phenoxy) is 1. The highest BCUT2D eigenvalue weighted by Crippen LogP contribution is 2.34. The van der Waals surface area contributed by atoms with Gasteiger partial charge in [-0.05, 0) is 119 Å². The van der Waals surface area contributed by atoms with E-state index in [-0.39, 0.29) is 11.3 Å². The number of halogens is 2. The second kappa shape index (κ2) is 13.1. The van der Waals surface area contributed by atoms with Gasteiger partial charge in [0.1, 0.15) is 0 Å². The van der Waals surface area contributed by atoms with E-state index in [4.69, 9.17) is 4.74 Å². The number of anilines is 2. The zero-order valence-electron chi connectivity index (χ0n) is 25.8. The summed E-state index contributed by atoms with van der Waals surface area (Å²) in [6, 6.07) is 9.78. The highest BCUT2D eigenvalue weighted by atomic mass is 19.2. The normalized spacial score (nSPS) is 14.5. The van der Waals surface area contributed by atoms with Gasteiger partial charge in [0.05, 0.1) is 23.0 Å². The number of benzene rings is 3. The first-order chi connectivity index (χ1) is 20.6. The molecule has 3 aromatic carbocycles. The Morgan fingerprint density at radius 2 is 1.55 bits per heavy atom. The molecule has 0 radical (unpaired) electrons. The molecule has 1 aliphatic rings. The second-order valence-electron chi connectivity index (χ2n) is 12.4. The summed E-state index contributed by atoms with van der Waals surface area (Å²) in [7, 11) is 0. The molecule has 0 spiro atoms. The molecule has 4 rings (SSSR count). The highest BCUT2D eigenvalue weighted by Gasteiger charge is 2.31. The number of amides is 3. The Kier molecular flexibility index (Phi) is 9.73. The fourth-order valence-electron chi connectivity index (χ4n) is 5.22. The summed E-state index contributed by atoms with van der Waals surface area (Å²) in [6.45, 7) is 10.7. The molecule has 3 amide bonds. The monoisotopic (exact) mass is 607 g/mol. The van der Waals surface area contributed by atoms with Crippen molar-refractivity contribution < 1.29 is 33.0 Å². The number of hydrogen-bond donors (Lipinski definition) is 4. The third-order valence-corrected chi connectivity index (χ3v) is 7.38. The number of aryl methyl sites for hydroxylation is 2. The first-order valence-electron chi connectivity index (χ1n) is 14.6. The number of urea groups is 1. The fourth-order valence-corrected chi connectivity index (χ4v) is 5.22. The molecule has 0 unspecified atom stereocenters. The lowest BCUT2D eigenvalue weighted by Crippen LogP contribution is -2.50. The van der Waals surface area contributed by atoms with Gasteiger partial charge >= 0.3 is 12.0 Å².